The average Bonchev–Trinajstić information content (AvgIpc) is 2.29. The van der Waals surface area contributed by atoms with Crippen LogP contribution in [0.1, 0.15) is 19.4 Å². The lowest BCUT2D eigenvalue weighted by Crippen LogP contribution is -2.06. The molecule has 2 aromatic rings. The Labute approximate surface area is 103 Å². The number of benzene rings is 2. The highest BCUT2D eigenvalue weighted by molar-refractivity contribution is 7.81. The molecule has 1 heteroatoms. The first-order chi connectivity index (χ1) is 7.57. The Morgan fingerprint density at radius 3 is 1.75 bits per heavy atom. The number of hydrogen-bond acceptors (Lipinski definition) is 1. The van der Waals surface area contributed by atoms with E-state index in [1.165, 1.54) is 16.7 Å². The van der Waals surface area contributed by atoms with Crippen molar-refractivity contribution < 1.29 is 0 Å². The molecule has 0 nitrogen and oxygen atoms in total. The van der Waals surface area contributed by atoms with Crippen molar-refractivity contribution in [2.45, 2.75) is 18.6 Å². The predicted molar refractivity (Wildman–Crippen MR) is 73.9 cm³/mol. The number of thiol groups is 1. The van der Waals surface area contributed by atoms with Crippen LogP contribution in [0.2, 0.25) is 0 Å². The lowest BCUT2D eigenvalue weighted by Gasteiger charge is -2.18. The Kier molecular flexibility index (Phi) is 3.06. The molecule has 0 aliphatic carbocycles. The van der Waals surface area contributed by atoms with Crippen molar-refractivity contribution in [3.63, 3.8) is 0 Å². The first-order valence-corrected chi connectivity index (χ1v) is 5.90. The van der Waals surface area contributed by atoms with Gasteiger partial charge in [0.05, 0.1) is 0 Å². The van der Waals surface area contributed by atoms with Gasteiger partial charge in [-0.2, -0.15) is 12.6 Å². The lowest BCUT2D eigenvalue weighted by atomic mass is 9.98. The van der Waals surface area contributed by atoms with Crippen LogP contribution < -0.4 is 0 Å². The van der Waals surface area contributed by atoms with E-state index in [-0.39, 0.29) is 4.75 Å². The van der Waals surface area contributed by atoms with E-state index < -0.39 is 0 Å². The monoisotopic (exact) mass is 228 g/mol. The largest absolute Gasteiger partial charge is 0.168 e. The quantitative estimate of drug-likeness (QED) is 0.718. The van der Waals surface area contributed by atoms with Crippen molar-refractivity contribution in [1.29, 1.82) is 0 Å². The van der Waals surface area contributed by atoms with Gasteiger partial charge in [0.2, 0.25) is 0 Å². The summed E-state index contributed by atoms with van der Waals surface area (Å²) in [6.07, 6.45) is 0. The lowest BCUT2D eigenvalue weighted by molar-refractivity contribution is 0.791. The molecule has 0 saturated heterocycles. The highest BCUT2D eigenvalue weighted by Crippen LogP contribution is 2.29. The SMILES string of the molecule is CC(C)(S)c1ccc(-c2ccccc2)cc1. The van der Waals surface area contributed by atoms with Gasteiger partial charge in [-0.25, -0.2) is 0 Å². The molecule has 0 amide bonds. The maximum absolute atomic E-state index is 4.57. The summed E-state index contributed by atoms with van der Waals surface area (Å²) >= 11 is 4.57. The molecule has 0 aromatic heterocycles. The van der Waals surface area contributed by atoms with Gasteiger partial charge in [0.1, 0.15) is 0 Å². The average molecular weight is 228 g/mol. The van der Waals surface area contributed by atoms with Crippen molar-refractivity contribution in [1.82, 2.24) is 0 Å². The maximum atomic E-state index is 4.57. The highest BCUT2D eigenvalue weighted by atomic mass is 32.1. The first kappa shape index (κ1) is 11.3. The van der Waals surface area contributed by atoms with Gasteiger partial charge in [-0.05, 0) is 30.5 Å². The maximum Gasteiger partial charge on any atom is 0.0322 e. The van der Waals surface area contributed by atoms with Crippen LogP contribution in [0.3, 0.4) is 0 Å². The second-order valence-corrected chi connectivity index (χ2v) is 5.62. The van der Waals surface area contributed by atoms with E-state index in [1.807, 2.05) is 6.07 Å². The van der Waals surface area contributed by atoms with Crippen LogP contribution in [0.15, 0.2) is 54.6 Å². The molecule has 0 N–H and O–H groups in total. The molecular formula is C15H16S. The molecule has 0 aliphatic rings. The molecule has 0 fully saturated rings. The van der Waals surface area contributed by atoms with Gasteiger partial charge in [0.15, 0.2) is 0 Å². The van der Waals surface area contributed by atoms with Gasteiger partial charge in [-0.1, -0.05) is 54.6 Å². The van der Waals surface area contributed by atoms with E-state index in [1.54, 1.807) is 0 Å². The Bertz CT molecular complexity index is 449. The zero-order valence-corrected chi connectivity index (χ0v) is 10.5. The molecule has 0 aliphatic heterocycles. The molecule has 0 spiro atoms. The van der Waals surface area contributed by atoms with Gasteiger partial charge in [0.25, 0.3) is 0 Å². The summed E-state index contributed by atoms with van der Waals surface area (Å²) < 4.78 is -0.0742. The minimum absolute atomic E-state index is 0.0742. The Balaban J connectivity index is 2.34. The van der Waals surface area contributed by atoms with E-state index in [4.69, 9.17) is 0 Å². The van der Waals surface area contributed by atoms with Crippen molar-refractivity contribution >= 4 is 12.6 Å². The third-order valence-corrected chi connectivity index (χ3v) is 2.96. The summed E-state index contributed by atoms with van der Waals surface area (Å²) in [7, 11) is 0. The summed E-state index contributed by atoms with van der Waals surface area (Å²) in [6.45, 7) is 4.21. The Morgan fingerprint density at radius 1 is 0.750 bits per heavy atom. The fraction of sp³-hybridized carbons (Fsp3) is 0.200. The fourth-order valence-electron chi connectivity index (χ4n) is 1.70. The van der Waals surface area contributed by atoms with Crippen molar-refractivity contribution in [3.8, 4) is 11.1 Å². The summed E-state index contributed by atoms with van der Waals surface area (Å²) in [5.41, 5.74) is 3.75. The van der Waals surface area contributed by atoms with Gasteiger partial charge >= 0.3 is 0 Å². The van der Waals surface area contributed by atoms with Crippen molar-refractivity contribution in [2.24, 2.45) is 0 Å². The summed E-state index contributed by atoms with van der Waals surface area (Å²) in [5, 5.41) is 0. The van der Waals surface area contributed by atoms with Crippen LogP contribution in [0, 0.1) is 0 Å². The fourth-order valence-corrected chi connectivity index (χ4v) is 1.85. The van der Waals surface area contributed by atoms with Crippen LogP contribution in [0.5, 0.6) is 0 Å². The van der Waals surface area contributed by atoms with Crippen molar-refractivity contribution in [2.75, 3.05) is 0 Å². The van der Waals surface area contributed by atoms with Crippen LogP contribution in [0.25, 0.3) is 11.1 Å². The first-order valence-electron chi connectivity index (χ1n) is 5.46. The predicted octanol–water partition coefficient (Wildman–Crippen LogP) is 4.52. The van der Waals surface area contributed by atoms with Gasteiger partial charge in [0, 0.05) is 4.75 Å². The normalized spacial score (nSPS) is 11.4. The highest BCUT2D eigenvalue weighted by Gasteiger charge is 2.13. The third kappa shape index (κ3) is 2.48. The molecule has 2 rings (SSSR count). The summed E-state index contributed by atoms with van der Waals surface area (Å²) in [5.74, 6) is 0. The van der Waals surface area contributed by atoms with Gasteiger partial charge < -0.3 is 0 Å². The second kappa shape index (κ2) is 4.34. The molecule has 82 valence electrons. The second-order valence-electron chi connectivity index (χ2n) is 4.50. The van der Waals surface area contributed by atoms with E-state index >= 15 is 0 Å². The van der Waals surface area contributed by atoms with Crippen molar-refractivity contribution in [3.05, 3.63) is 60.2 Å². The number of hydrogen-bond donors (Lipinski definition) is 1. The molecule has 0 atom stereocenters. The van der Waals surface area contributed by atoms with Crippen LogP contribution in [-0.4, -0.2) is 0 Å². The molecule has 0 unspecified atom stereocenters. The van der Waals surface area contributed by atoms with Gasteiger partial charge in [-0.3, -0.25) is 0 Å². The summed E-state index contributed by atoms with van der Waals surface area (Å²) in [6, 6.07) is 19.0. The molecule has 0 bridgehead atoms. The molecule has 0 heterocycles. The Morgan fingerprint density at radius 2 is 1.25 bits per heavy atom. The standard InChI is InChI=1S/C15H16S/c1-15(2,16)14-10-8-13(9-11-14)12-6-4-3-5-7-12/h3-11,16H,1-2H3. The topological polar surface area (TPSA) is 0 Å². The number of rotatable bonds is 2. The summed E-state index contributed by atoms with van der Waals surface area (Å²) in [4.78, 5) is 0. The molecule has 16 heavy (non-hydrogen) atoms. The van der Waals surface area contributed by atoms with Gasteiger partial charge in [-0.15, -0.1) is 0 Å². The van der Waals surface area contributed by atoms with Crippen LogP contribution in [-0.2, 0) is 4.75 Å². The molecule has 0 saturated carbocycles. The zero-order valence-electron chi connectivity index (χ0n) is 9.64. The smallest absolute Gasteiger partial charge is 0.0322 e. The van der Waals surface area contributed by atoms with E-state index in [0.717, 1.165) is 0 Å². The zero-order chi connectivity index (χ0) is 11.6. The minimum Gasteiger partial charge on any atom is -0.168 e. The minimum atomic E-state index is -0.0742. The molecular weight excluding hydrogens is 212 g/mol. The van der Waals surface area contributed by atoms with E-state index in [2.05, 4.69) is 75.0 Å². The third-order valence-electron chi connectivity index (χ3n) is 2.70. The van der Waals surface area contributed by atoms with Crippen LogP contribution in [0.4, 0.5) is 0 Å². The van der Waals surface area contributed by atoms with Crippen LogP contribution >= 0.6 is 12.6 Å². The Hall–Kier alpha value is -1.21. The van der Waals surface area contributed by atoms with E-state index in [0.29, 0.717) is 0 Å². The van der Waals surface area contributed by atoms with E-state index in [9.17, 15) is 0 Å². The molecule has 2 aromatic carbocycles. The molecule has 0 radical (unpaired) electrons.